The van der Waals surface area contributed by atoms with Gasteiger partial charge >= 0.3 is 6.18 Å². The number of alkyl halides is 3. The Labute approximate surface area is 102 Å². The summed E-state index contributed by atoms with van der Waals surface area (Å²) in [7, 11) is 0. The average Bonchev–Trinajstić information content (AvgIpc) is 2.27. The Kier molecular flexibility index (Phi) is 3.83. The van der Waals surface area contributed by atoms with E-state index in [1.165, 1.54) is 24.3 Å². The Balaban J connectivity index is 3.05. The molecule has 0 bridgehead atoms. The maximum absolute atomic E-state index is 12.3. The highest BCUT2D eigenvalue weighted by Gasteiger charge is 2.53. The summed E-state index contributed by atoms with van der Waals surface area (Å²) in [6.07, 6.45) is -8.19. The van der Waals surface area contributed by atoms with Crippen molar-refractivity contribution in [1.82, 2.24) is 0 Å². The van der Waals surface area contributed by atoms with Crippen LogP contribution in [0.4, 0.5) is 13.2 Å². The van der Waals surface area contributed by atoms with E-state index in [1.54, 1.807) is 6.92 Å². The van der Waals surface area contributed by atoms with E-state index in [0.29, 0.717) is 6.92 Å². The van der Waals surface area contributed by atoms with Crippen LogP contribution in [0.5, 0.6) is 0 Å². The second-order valence-electron chi connectivity index (χ2n) is 4.29. The van der Waals surface area contributed by atoms with Crippen LogP contribution in [0.3, 0.4) is 0 Å². The number of carbonyl (C=O) groups excluding carboxylic acids is 1. The van der Waals surface area contributed by atoms with Crippen LogP contribution in [0.1, 0.15) is 22.8 Å². The van der Waals surface area contributed by atoms with Crippen molar-refractivity contribution >= 4 is 5.78 Å². The van der Waals surface area contributed by atoms with Crippen LogP contribution in [0, 0.1) is 6.92 Å². The molecular formula is C12H13F3O3. The lowest BCUT2D eigenvalue weighted by Crippen LogP contribution is -2.54. The number of Topliss-reactive ketones (excluding diaryl/α,β-unsaturated/α-hetero) is 1. The molecule has 0 spiro atoms. The number of halogens is 3. The predicted octanol–water partition coefficient (Wildman–Crippen LogP) is 1.85. The molecule has 0 aromatic heterocycles. The molecule has 18 heavy (non-hydrogen) atoms. The Morgan fingerprint density at radius 2 is 1.67 bits per heavy atom. The summed E-state index contributed by atoms with van der Waals surface area (Å²) in [4.78, 5) is 11.8. The smallest absolute Gasteiger partial charge is 0.381 e. The van der Waals surface area contributed by atoms with Gasteiger partial charge in [-0.3, -0.25) is 4.79 Å². The number of aliphatic hydroxyl groups excluding tert-OH is 1. The first-order valence-corrected chi connectivity index (χ1v) is 5.15. The molecule has 1 aromatic rings. The minimum absolute atomic E-state index is 0.0890. The Hall–Kier alpha value is -1.40. The third kappa shape index (κ3) is 2.88. The van der Waals surface area contributed by atoms with Gasteiger partial charge in [-0.15, -0.1) is 0 Å². The third-order valence-corrected chi connectivity index (χ3v) is 2.62. The molecule has 100 valence electrons. The van der Waals surface area contributed by atoms with Crippen LogP contribution >= 0.6 is 0 Å². The Morgan fingerprint density at radius 1 is 1.22 bits per heavy atom. The molecule has 2 atom stereocenters. The average molecular weight is 262 g/mol. The number of benzene rings is 1. The monoisotopic (exact) mass is 262 g/mol. The number of aryl methyl sites for hydroxylation is 1. The summed E-state index contributed by atoms with van der Waals surface area (Å²) in [6, 6.07) is 5.66. The van der Waals surface area contributed by atoms with Gasteiger partial charge in [-0.2, -0.15) is 13.2 Å². The maximum Gasteiger partial charge on any atom is 0.417 e. The van der Waals surface area contributed by atoms with Gasteiger partial charge in [-0.25, -0.2) is 0 Å². The van der Waals surface area contributed by atoms with Gasteiger partial charge in [0.15, 0.2) is 17.5 Å². The molecule has 0 aliphatic carbocycles. The van der Waals surface area contributed by atoms with Crippen molar-refractivity contribution in [3.05, 3.63) is 35.4 Å². The quantitative estimate of drug-likeness (QED) is 0.817. The van der Waals surface area contributed by atoms with Gasteiger partial charge in [0.1, 0.15) is 0 Å². The molecule has 0 aliphatic rings. The Morgan fingerprint density at radius 3 is 2.06 bits per heavy atom. The molecule has 0 radical (unpaired) electrons. The van der Waals surface area contributed by atoms with Crippen molar-refractivity contribution in [2.45, 2.75) is 31.7 Å². The van der Waals surface area contributed by atoms with Gasteiger partial charge in [0.25, 0.3) is 0 Å². The summed E-state index contributed by atoms with van der Waals surface area (Å²) in [6.45, 7) is 2.39. The summed E-state index contributed by atoms with van der Waals surface area (Å²) in [5.74, 6) is -1.17. The molecule has 2 N–H and O–H groups in total. The van der Waals surface area contributed by atoms with Crippen molar-refractivity contribution in [1.29, 1.82) is 0 Å². The van der Waals surface area contributed by atoms with Crippen LogP contribution in [0.2, 0.25) is 0 Å². The zero-order valence-electron chi connectivity index (χ0n) is 9.82. The van der Waals surface area contributed by atoms with E-state index in [2.05, 4.69) is 0 Å². The third-order valence-electron chi connectivity index (χ3n) is 2.62. The van der Waals surface area contributed by atoms with Gasteiger partial charge in [0.2, 0.25) is 0 Å². The zero-order chi connectivity index (χ0) is 14.1. The molecular weight excluding hydrogens is 249 g/mol. The van der Waals surface area contributed by atoms with E-state index in [1.807, 2.05) is 0 Å². The van der Waals surface area contributed by atoms with Crippen LogP contribution in [-0.4, -0.2) is 33.9 Å². The first-order valence-electron chi connectivity index (χ1n) is 5.15. The highest BCUT2D eigenvalue weighted by atomic mass is 19.4. The van der Waals surface area contributed by atoms with E-state index in [4.69, 9.17) is 5.11 Å². The lowest BCUT2D eigenvalue weighted by molar-refractivity contribution is -0.241. The number of aliphatic hydroxyl groups is 2. The molecule has 1 aromatic carbocycles. The fourth-order valence-corrected chi connectivity index (χ4v) is 1.44. The van der Waals surface area contributed by atoms with Crippen LogP contribution in [-0.2, 0) is 0 Å². The molecule has 3 nitrogen and oxygen atoms in total. The minimum Gasteiger partial charge on any atom is -0.381 e. The second kappa shape index (κ2) is 4.70. The second-order valence-corrected chi connectivity index (χ2v) is 4.29. The first-order chi connectivity index (χ1) is 8.06. The largest absolute Gasteiger partial charge is 0.417 e. The highest BCUT2D eigenvalue weighted by Crippen LogP contribution is 2.30. The zero-order valence-corrected chi connectivity index (χ0v) is 9.82. The molecule has 6 heteroatoms. The van der Waals surface area contributed by atoms with E-state index in [-0.39, 0.29) is 5.56 Å². The topological polar surface area (TPSA) is 57.5 Å². The van der Waals surface area contributed by atoms with Crippen molar-refractivity contribution < 1.29 is 28.2 Å². The number of ketones is 1. The van der Waals surface area contributed by atoms with Crippen LogP contribution in [0.25, 0.3) is 0 Å². The number of hydrogen-bond acceptors (Lipinski definition) is 3. The van der Waals surface area contributed by atoms with Crippen molar-refractivity contribution in [3.63, 3.8) is 0 Å². The number of hydrogen-bond donors (Lipinski definition) is 2. The van der Waals surface area contributed by atoms with Crippen molar-refractivity contribution in [2.75, 3.05) is 0 Å². The van der Waals surface area contributed by atoms with E-state index in [9.17, 15) is 23.1 Å². The van der Waals surface area contributed by atoms with E-state index in [0.717, 1.165) is 5.56 Å². The highest BCUT2D eigenvalue weighted by molar-refractivity contribution is 6.02. The summed E-state index contributed by atoms with van der Waals surface area (Å²) < 4.78 is 37.0. The molecule has 0 fully saturated rings. The van der Waals surface area contributed by atoms with Crippen molar-refractivity contribution in [3.8, 4) is 0 Å². The van der Waals surface area contributed by atoms with Gasteiger partial charge in [-0.05, 0) is 13.8 Å². The summed E-state index contributed by atoms with van der Waals surface area (Å²) >= 11 is 0. The lowest BCUT2D eigenvalue weighted by Gasteiger charge is -2.29. The van der Waals surface area contributed by atoms with Crippen molar-refractivity contribution in [2.24, 2.45) is 0 Å². The van der Waals surface area contributed by atoms with Crippen LogP contribution < -0.4 is 0 Å². The van der Waals surface area contributed by atoms with Gasteiger partial charge < -0.3 is 10.2 Å². The summed E-state index contributed by atoms with van der Waals surface area (Å²) in [5, 5.41) is 18.6. The Bertz CT molecular complexity index is 435. The van der Waals surface area contributed by atoms with Gasteiger partial charge in [-0.1, -0.05) is 29.8 Å². The molecule has 0 saturated heterocycles. The fraction of sp³-hybridized carbons (Fsp3) is 0.417. The number of carbonyl (C=O) groups is 1. The molecule has 0 amide bonds. The SMILES string of the molecule is Cc1ccc(C(=O)[C@](C)(O)[C@@H](O)C(F)(F)F)cc1. The fourth-order valence-electron chi connectivity index (χ4n) is 1.44. The number of rotatable bonds is 3. The molecule has 0 aliphatic heterocycles. The standard InChI is InChI=1S/C12H13F3O3/c1-7-3-5-8(6-4-7)9(16)11(2,18)10(17)12(13,14)15/h3-6,10,17-18H,1-2H3/t10-,11+/m1/s1. The van der Waals surface area contributed by atoms with Crippen LogP contribution in [0.15, 0.2) is 24.3 Å². The van der Waals surface area contributed by atoms with Gasteiger partial charge in [0, 0.05) is 5.56 Å². The normalized spacial score (nSPS) is 17.1. The van der Waals surface area contributed by atoms with E-state index >= 15 is 0 Å². The minimum atomic E-state index is -5.07. The molecule has 1 rings (SSSR count). The lowest BCUT2D eigenvalue weighted by atomic mass is 9.89. The predicted molar refractivity (Wildman–Crippen MR) is 58.2 cm³/mol. The molecule has 0 saturated carbocycles. The summed E-state index contributed by atoms with van der Waals surface area (Å²) in [5.41, 5.74) is -2.18. The van der Waals surface area contributed by atoms with Gasteiger partial charge in [0.05, 0.1) is 0 Å². The van der Waals surface area contributed by atoms with E-state index < -0.39 is 23.7 Å². The molecule has 0 heterocycles. The maximum atomic E-state index is 12.3. The first kappa shape index (κ1) is 14.7. The molecule has 0 unspecified atom stereocenters.